The van der Waals surface area contributed by atoms with Crippen LogP contribution < -0.4 is 5.32 Å². The summed E-state index contributed by atoms with van der Waals surface area (Å²) in [6.45, 7) is 6.81. The molecule has 0 bridgehead atoms. The molecule has 4 heteroatoms. The summed E-state index contributed by atoms with van der Waals surface area (Å²) in [7, 11) is 1.99. The van der Waals surface area contributed by atoms with Crippen molar-refractivity contribution in [2.45, 2.75) is 13.0 Å². The molecule has 1 aromatic heterocycles. The highest BCUT2D eigenvalue weighted by molar-refractivity contribution is 5.76. The molecule has 2 aromatic rings. The van der Waals surface area contributed by atoms with Crippen LogP contribution in [0.2, 0.25) is 0 Å². The van der Waals surface area contributed by atoms with Crippen LogP contribution >= 0.6 is 0 Å². The molecule has 0 saturated heterocycles. The van der Waals surface area contributed by atoms with E-state index in [9.17, 15) is 5.11 Å². The fourth-order valence-electron chi connectivity index (χ4n) is 1.98. The van der Waals surface area contributed by atoms with Gasteiger partial charge in [0.1, 0.15) is 5.82 Å². The Hall–Kier alpha value is -1.65. The van der Waals surface area contributed by atoms with E-state index in [2.05, 4.69) is 16.9 Å². The van der Waals surface area contributed by atoms with Crippen LogP contribution in [0, 0.1) is 6.92 Å². The van der Waals surface area contributed by atoms with Crippen LogP contribution in [0.5, 0.6) is 0 Å². The van der Waals surface area contributed by atoms with Crippen molar-refractivity contribution in [1.29, 1.82) is 0 Å². The number of nitrogens with one attached hydrogen (secondary N) is 1. The van der Waals surface area contributed by atoms with E-state index in [4.69, 9.17) is 0 Å². The van der Waals surface area contributed by atoms with E-state index < -0.39 is 6.10 Å². The van der Waals surface area contributed by atoms with Crippen LogP contribution in [0.15, 0.2) is 30.9 Å². The molecule has 2 rings (SSSR count). The van der Waals surface area contributed by atoms with Gasteiger partial charge in [-0.15, -0.1) is 6.58 Å². The number of fused-ring (bicyclic) bond motifs is 1. The number of imidazole rings is 1. The van der Waals surface area contributed by atoms with Crippen LogP contribution in [0.25, 0.3) is 11.0 Å². The zero-order valence-electron chi connectivity index (χ0n) is 10.8. The highest BCUT2D eigenvalue weighted by Crippen LogP contribution is 2.20. The largest absolute Gasteiger partial charge is 0.387 e. The topological polar surface area (TPSA) is 50.1 Å². The van der Waals surface area contributed by atoms with Crippen LogP contribution in [0.1, 0.15) is 17.5 Å². The Morgan fingerprint density at radius 3 is 3.06 bits per heavy atom. The zero-order valence-corrected chi connectivity index (χ0v) is 10.8. The average molecular weight is 245 g/mol. The quantitative estimate of drug-likeness (QED) is 0.622. The maximum Gasteiger partial charge on any atom is 0.106 e. The SMILES string of the molecule is C=CCNCC(O)c1ccc2c(c1)nc(C)n2C. The second-order valence-corrected chi connectivity index (χ2v) is 4.43. The zero-order chi connectivity index (χ0) is 13.1. The molecule has 1 atom stereocenters. The van der Waals surface area contributed by atoms with Gasteiger partial charge in [0.2, 0.25) is 0 Å². The molecule has 0 radical (unpaired) electrons. The lowest BCUT2D eigenvalue weighted by Crippen LogP contribution is -2.21. The minimum atomic E-state index is -0.517. The molecule has 0 aliphatic carbocycles. The van der Waals surface area contributed by atoms with Crippen molar-refractivity contribution >= 4 is 11.0 Å². The van der Waals surface area contributed by atoms with E-state index in [1.54, 1.807) is 6.08 Å². The third kappa shape index (κ3) is 2.44. The second-order valence-electron chi connectivity index (χ2n) is 4.43. The lowest BCUT2D eigenvalue weighted by Gasteiger charge is -2.11. The summed E-state index contributed by atoms with van der Waals surface area (Å²) in [6, 6.07) is 5.90. The molecule has 0 aliphatic heterocycles. The lowest BCUT2D eigenvalue weighted by molar-refractivity contribution is 0.176. The highest BCUT2D eigenvalue weighted by Gasteiger charge is 2.10. The van der Waals surface area contributed by atoms with Crippen LogP contribution in [-0.4, -0.2) is 27.7 Å². The molecule has 4 nitrogen and oxygen atoms in total. The molecule has 1 unspecified atom stereocenters. The van der Waals surface area contributed by atoms with Gasteiger partial charge < -0.3 is 15.0 Å². The number of aliphatic hydroxyl groups excluding tert-OH is 1. The molecule has 18 heavy (non-hydrogen) atoms. The molecule has 0 saturated carbocycles. The molecule has 0 aliphatic rings. The smallest absolute Gasteiger partial charge is 0.106 e. The van der Waals surface area contributed by atoms with Crippen LogP contribution in [-0.2, 0) is 7.05 Å². The Labute approximate surface area is 107 Å². The first kappa shape index (κ1) is 12.8. The van der Waals surface area contributed by atoms with E-state index in [-0.39, 0.29) is 0 Å². The predicted molar refractivity (Wildman–Crippen MR) is 73.5 cm³/mol. The predicted octanol–water partition coefficient (Wildman–Crippen LogP) is 1.69. The highest BCUT2D eigenvalue weighted by atomic mass is 16.3. The summed E-state index contributed by atoms with van der Waals surface area (Å²) in [6.07, 6.45) is 1.26. The number of rotatable bonds is 5. The van der Waals surface area contributed by atoms with E-state index in [0.29, 0.717) is 13.1 Å². The van der Waals surface area contributed by atoms with Gasteiger partial charge in [-0.05, 0) is 24.6 Å². The Morgan fingerprint density at radius 2 is 2.33 bits per heavy atom. The molecule has 96 valence electrons. The van der Waals surface area contributed by atoms with Crippen molar-refractivity contribution < 1.29 is 5.11 Å². The van der Waals surface area contributed by atoms with Gasteiger partial charge in [-0.1, -0.05) is 12.1 Å². The van der Waals surface area contributed by atoms with Gasteiger partial charge in [0.25, 0.3) is 0 Å². The second kappa shape index (κ2) is 5.33. The monoisotopic (exact) mass is 245 g/mol. The Bertz CT molecular complexity index is 559. The first-order chi connectivity index (χ1) is 8.63. The fourth-order valence-corrected chi connectivity index (χ4v) is 1.98. The first-order valence-electron chi connectivity index (χ1n) is 6.06. The summed E-state index contributed by atoms with van der Waals surface area (Å²) in [5, 5.41) is 13.2. The number of hydrogen-bond donors (Lipinski definition) is 2. The van der Waals surface area contributed by atoms with Crippen molar-refractivity contribution in [3.63, 3.8) is 0 Å². The number of hydrogen-bond acceptors (Lipinski definition) is 3. The first-order valence-corrected chi connectivity index (χ1v) is 6.06. The average Bonchev–Trinajstić information content (AvgIpc) is 2.65. The van der Waals surface area contributed by atoms with Gasteiger partial charge in [-0.25, -0.2) is 4.98 Å². The molecular formula is C14H19N3O. The van der Waals surface area contributed by atoms with Crippen molar-refractivity contribution in [2.24, 2.45) is 7.05 Å². The van der Waals surface area contributed by atoms with E-state index in [1.165, 1.54) is 0 Å². The van der Waals surface area contributed by atoms with Crippen molar-refractivity contribution in [1.82, 2.24) is 14.9 Å². The summed E-state index contributed by atoms with van der Waals surface area (Å²) in [5.74, 6) is 0.974. The Balaban J connectivity index is 2.21. The number of nitrogens with zero attached hydrogens (tertiary/aromatic N) is 2. The Kier molecular flexibility index (Phi) is 3.79. The summed E-state index contributed by atoms with van der Waals surface area (Å²) in [4.78, 5) is 4.47. The van der Waals surface area contributed by atoms with Gasteiger partial charge >= 0.3 is 0 Å². The maximum absolute atomic E-state index is 10.1. The molecular weight excluding hydrogens is 226 g/mol. The minimum absolute atomic E-state index is 0.517. The third-order valence-corrected chi connectivity index (χ3v) is 3.14. The molecule has 1 aromatic carbocycles. The summed E-state index contributed by atoms with van der Waals surface area (Å²) < 4.78 is 2.04. The van der Waals surface area contributed by atoms with Crippen molar-refractivity contribution in [3.8, 4) is 0 Å². The minimum Gasteiger partial charge on any atom is -0.387 e. The number of aryl methyl sites for hydroxylation is 2. The van der Waals surface area contributed by atoms with Gasteiger partial charge in [-0.3, -0.25) is 0 Å². The van der Waals surface area contributed by atoms with Crippen molar-refractivity contribution in [2.75, 3.05) is 13.1 Å². The van der Waals surface area contributed by atoms with Gasteiger partial charge in [0, 0.05) is 20.1 Å². The Morgan fingerprint density at radius 1 is 1.56 bits per heavy atom. The van der Waals surface area contributed by atoms with Gasteiger partial charge in [0.05, 0.1) is 17.1 Å². The molecule has 0 spiro atoms. The molecule has 1 heterocycles. The van der Waals surface area contributed by atoms with Crippen molar-refractivity contribution in [3.05, 3.63) is 42.2 Å². The normalized spacial score (nSPS) is 12.8. The number of benzene rings is 1. The van der Waals surface area contributed by atoms with Gasteiger partial charge in [0.15, 0.2) is 0 Å². The third-order valence-electron chi connectivity index (χ3n) is 3.14. The molecule has 2 N–H and O–H groups in total. The van der Waals surface area contributed by atoms with E-state index >= 15 is 0 Å². The van der Waals surface area contributed by atoms with Gasteiger partial charge in [-0.2, -0.15) is 0 Å². The standard InChI is InChI=1S/C14H19N3O/c1-4-7-15-9-14(18)11-5-6-13-12(8-11)16-10(2)17(13)3/h4-6,8,14-15,18H,1,7,9H2,2-3H3. The van der Waals surface area contributed by atoms with Crippen LogP contribution in [0.4, 0.5) is 0 Å². The molecule has 0 amide bonds. The summed E-state index contributed by atoms with van der Waals surface area (Å²) in [5.41, 5.74) is 2.90. The summed E-state index contributed by atoms with van der Waals surface area (Å²) >= 11 is 0. The lowest BCUT2D eigenvalue weighted by atomic mass is 10.1. The molecule has 0 fully saturated rings. The number of aliphatic hydroxyl groups is 1. The number of aromatic nitrogens is 2. The maximum atomic E-state index is 10.1. The van der Waals surface area contributed by atoms with Crippen LogP contribution in [0.3, 0.4) is 0 Å². The fraction of sp³-hybridized carbons (Fsp3) is 0.357. The van der Waals surface area contributed by atoms with E-state index in [1.807, 2.05) is 36.7 Å². The van der Waals surface area contributed by atoms with E-state index in [0.717, 1.165) is 22.4 Å².